The normalized spacial score (nSPS) is 25.7. The van der Waals surface area contributed by atoms with Crippen LogP contribution in [0.2, 0.25) is 0 Å². The SMILES string of the molecule is CC1CCC(CC(=O)OCC(COC(=O)CC2CCC(C)CC2)OC(=O)CCCN(CCCC(O)OC(CO)COC(=O)CC2CCC(C)CC2)C(=O)SCCCN(C)C)CC1.CC1CCC(CC=O)CC1. The second-order valence-electron chi connectivity index (χ2n) is 22.6. The monoisotopic (exact) mass is 1040 g/mol. The maximum absolute atomic E-state index is 13.4. The third kappa shape index (κ3) is 29.3. The summed E-state index contributed by atoms with van der Waals surface area (Å²) >= 11 is 1.21. The zero-order valence-corrected chi connectivity index (χ0v) is 46.3. The van der Waals surface area contributed by atoms with Crippen molar-refractivity contribution in [3.05, 3.63) is 0 Å². The van der Waals surface area contributed by atoms with Gasteiger partial charge in [-0.25, -0.2) is 0 Å². The third-order valence-corrected chi connectivity index (χ3v) is 16.4. The van der Waals surface area contributed by atoms with Crippen molar-refractivity contribution in [1.82, 2.24) is 9.80 Å². The Kier molecular flexibility index (Phi) is 32.7. The molecule has 0 aromatic rings. The summed E-state index contributed by atoms with van der Waals surface area (Å²) in [5.41, 5.74) is 0. The van der Waals surface area contributed by atoms with Gasteiger partial charge in [-0.05, 0) is 145 Å². The number of carbonyl (C=O) groups is 6. The Morgan fingerprint density at radius 3 is 1.40 bits per heavy atom. The van der Waals surface area contributed by atoms with Gasteiger partial charge in [0.05, 0.1) is 6.61 Å². The van der Waals surface area contributed by atoms with Crippen LogP contribution >= 0.6 is 11.8 Å². The highest BCUT2D eigenvalue weighted by molar-refractivity contribution is 8.13. The zero-order chi connectivity index (χ0) is 52.7. The summed E-state index contributed by atoms with van der Waals surface area (Å²) in [6.45, 7) is 9.37. The molecule has 15 nitrogen and oxygen atoms in total. The lowest BCUT2D eigenvalue weighted by Gasteiger charge is -2.26. The highest BCUT2D eigenvalue weighted by Gasteiger charge is 2.27. The first kappa shape index (κ1) is 63.5. The summed E-state index contributed by atoms with van der Waals surface area (Å²) in [5.74, 6) is 3.53. The average molecular weight is 1040 g/mol. The summed E-state index contributed by atoms with van der Waals surface area (Å²) in [6.07, 6.45) is 19.1. The summed E-state index contributed by atoms with van der Waals surface area (Å²) in [4.78, 5) is 78.4. The lowest BCUT2D eigenvalue weighted by Crippen LogP contribution is -2.34. The van der Waals surface area contributed by atoms with Crippen LogP contribution in [0, 0.1) is 47.3 Å². The molecule has 0 spiro atoms. The molecule has 16 heteroatoms. The van der Waals surface area contributed by atoms with E-state index in [1.807, 2.05) is 14.1 Å². The number of amides is 1. The Morgan fingerprint density at radius 1 is 0.569 bits per heavy atom. The Morgan fingerprint density at radius 2 is 0.986 bits per heavy atom. The van der Waals surface area contributed by atoms with Crippen molar-refractivity contribution in [2.45, 2.75) is 207 Å². The molecule has 0 bridgehead atoms. The van der Waals surface area contributed by atoms with Gasteiger partial charge < -0.3 is 48.5 Å². The second-order valence-corrected chi connectivity index (χ2v) is 23.6. The number of nitrogens with zero attached hydrogens (tertiary/aromatic N) is 2. The molecule has 1 amide bonds. The number of rotatable bonds is 30. The van der Waals surface area contributed by atoms with Crippen molar-refractivity contribution in [2.75, 3.05) is 65.9 Å². The molecule has 0 heterocycles. The average Bonchev–Trinajstić information content (AvgIpc) is 3.35. The fourth-order valence-corrected chi connectivity index (χ4v) is 11.1. The maximum atomic E-state index is 13.4. The van der Waals surface area contributed by atoms with Gasteiger partial charge in [-0.2, -0.15) is 0 Å². The highest BCUT2D eigenvalue weighted by Crippen LogP contribution is 2.33. The molecular weight excluding hydrogens is 941 g/mol. The van der Waals surface area contributed by atoms with Gasteiger partial charge in [0.2, 0.25) is 0 Å². The lowest BCUT2D eigenvalue weighted by molar-refractivity contribution is -0.175. The minimum Gasteiger partial charge on any atom is -0.463 e. The van der Waals surface area contributed by atoms with E-state index in [4.69, 9.17) is 23.7 Å². The molecular formula is C56H98N2O13S. The smallest absolute Gasteiger partial charge is 0.306 e. The molecule has 0 saturated heterocycles. The van der Waals surface area contributed by atoms with Gasteiger partial charge in [-0.1, -0.05) is 90.8 Å². The number of esters is 4. The van der Waals surface area contributed by atoms with Crippen LogP contribution in [0.3, 0.4) is 0 Å². The quantitative estimate of drug-likeness (QED) is 0.0227. The highest BCUT2D eigenvalue weighted by atomic mass is 32.2. The second kappa shape index (κ2) is 37.0. The molecule has 4 rings (SSSR count). The molecule has 0 aromatic heterocycles. The van der Waals surface area contributed by atoms with Crippen molar-refractivity contribution in [3.63, 3.8) is 0 Å². The molecule has 0 aromatic carbocycles. The number of ether oxygens (including phenoxy) is 5. The van der Waals surface area contributed by atoms with Crippen LogP contribution in [0.5, 0.6) is 0 Å². The number of carbonyl (C=O) groups excluding carboxylic acids is 6. The van der Waals surface area contributed by atoms with Crippen molar-refractivity contribution in [3.8, 4) is 0 Å². The van der Waals surface area contributed by atoms with Gasteiger partial charge in [-0.3, -0.25) is 24.0 Å². The molecule has 4 aliphatic carbocycles. The number of thioether (sulfide) groups is 1. The van der Waals surface area contributed by atoms with Gasteiger partial charge in [0, 0.05) is 50.9 Å². The standard InChI is InChI=1S/C47H82N2O12S.C9H16O/c1-34-11-17-37(18-12-34)27-44(53)57-31-40(30-50)60-42(51)9-6-24-49(47(56)62-26-8-23-48(4)5)25-7-10-43(52)61-41(32-58-45(54)28-38-19-13-35(2)14-20-38)33-59-46(55)29-39-21-15-36(3)16-22-39;1-8-2-4-9(5-3-8)6-7-10/h34-42,50-51H,6-33H2,1-5H3;7-9H,2-6H2,1H3. The Bertz CT molecular complexity index is 1480. The number of hydrogen-bond donors (Lipinski definition) is 2. The van der Waals surface area contributed by atoms with Crippen LogP contribution in [-0.2, 0) is 47.7 Å². The van der Waals surface area contributed by atoms with Crippen LogP contribution in [0.1, 0.15) is 188 Å². The van der Waals surface area contributed by atoms with Gasteiger partial charge in [-0.15, -0.1) is 0 Å². The Balaban J connectivity index is 0.00000121. The van der Waals surface area contributed by atoms with E-state index < -0.39 is 31.1 Å². The molecule has 72 heavy (non-hydrogen) atoms. The first-order chi connectivity index (χ1) is 34.5. The number of aliphatic hydroxyl groups excluding tert-OH is 2. The fraction of sp³-hybridized carbons (Fsp3) is 0.893. The first-order valence-corrected chi connectivity index (χ1v) is 29.1. The molecule has 4 saturated carbocycles. The molecule has 2 atom stereocenters. The lowest BCUT2D eigenvalue weighted by atomic mass is 9.81. The molecule has 0 aliphatic heterocycles. The first-order valence-electron chi connectivity index (χ1n) is 28.1. The third-order valence-electron chi connectivity index (χ3n) is 15.4. The van der Waals surface area contributed by atoms with Crippen molar-refractivity contribution >= 4 is 47.2 Å². The molecule has 2 unspecified atom stereocenters. The van der Waals surface area contributed by atoms with Crippen molar-refractivity contribution in [2.24, 2.45) is 47.3 Å². The van der Waals surface area contributed by atoms with Crippen LogP contribution in [0.4, 0.5) is 4.79 Å². The van der Waals surface area contributed by atoms with Crippen molar-refractivity contribution < 1.29 is 62.7 Å². The molecule has 0 radical (unpaired) electrons. The molecule has 4 fully saturated rings. The Labute approximate surface area is 438 Å². The van der Waals surface area contributed by atoms with E-state index in [0.717, 1.165) is 109 Å². The predicted molar refractivity (Wildman–Crippen MR) is 281 cm³/mol. The molecule has 2 N–H and O–H groups in total. The maximum Gasteiger partial charge on any atom is 0.306 e. The summed E-state index contributed by atoms with van der Waals surface area (Å²) < 4.78 is 27.9. The van der Waals surface area contributed by atoms with E-state index in [9.17, 15) is 39.0 Å². The van der Waals surface area contributed by atoms with Crippen LogP contribution in [0.15, 0.2) is 0 Å². The van der Waals surface area contributed by atoms with Crippen molar-refractivity contribution in [1.29, 1.82) is 0 Å². The van der Waals surface area contributed by atoms with Crippen LogP contribution < -0.4 is 0 Å². The summed E-state index contributed by atoms with van der Waals surface area (Å²) in [5, 5.41) is 20.3. The molecule has 4 aliphatic rings. The van der Waals surface area contributed by atoms with E-state index in [1.165, 1.54) is 37.4 Å². The van der Waals surface area contributed by atoms with Gasteiger partial charge in [0.1, 0.15) is 32.2 Å². The topological polar surface area (TPSA) is 196 Å². The number of hydrogen-bond acceptors (Lipinski definition) is 15. The minimum absolute atomic E-state index is 0.0174. The van der Waals surface area contributed by atoms with E-state index in [2.05, 4.69) is 32.6 Å². The van der Waals surface area contributed by atoms with E-state index in [1.54, 1.807) is 4.90 Å². The largest absolute Gasteiger partial charge is 0.463 e. The fourth-order valence-electron chi connectivity index (χ4n) is 10.3. The van der Waals surface area contributed by atoms with E-state index in [0.29, 0.717) is 74.0 Å². The summed E-state index contributed by atoms with van der Waals surface area (Å²) in [6, 6.07) is 0. The molecule has 416 valence electrons. The summed E-state index contributed by atoms with van der Waals surface area (Å²) in [7, 11) is 3.95. The minimum atomic E-state index is -1.25. The van der Waals surface area contributed by atoms with Gasteiger partial charge in [0.15, 0.2) is 12.4 Å². The van der Waals surface area contributed by atoms with E-state index >= 15 is 0 Å². The Hall–Kier alpha value is -2.79. The number of aldehydes is 1. The van der Waals surface area contributed by atoms with Crippen LogP contribution in [0.25, 0.3) is 0 Å². The number of aliphatic hydroxyl groups is 2. The van der Waals surface area contributed by atoms with Crippen LogP contribution in [-0.4, -0.2) is 140 Å². The predicted octanol–water partition coefficient (Wildman–Crippen LogP) is 9.94. The van der Waals surface area contributed by atoms with E-state index in [-0.39, 0.29) is 74.2 Å². The van der Waals surface area contributed by atoms with Gasteiger partial charge in [0.25, 0.3) is 5.24 Å². The zero-order valence-electron chi connectivity index (χ0n) is 45.5. The van der Waals surface area contributed by atoms with Gasteiger partial charge >= 0.3 is 23.9 Å².